The molecule has 0 aliphatic heterocycles. The lowest BCUT2D eigenvalue weighted by atomic mass is 9.86. The molecule has 3 N–H and O–H groups in total. The Kier molecular flexibility index (Phi) is 11.1. The van der Waals surface area contributed by atoms with Crippen LogP contribution < -0.4 is 16.0 Å². The Morgan fingerprint density at radius 3 is 2.62 bits per heavy atom. The molecule has 39 heavy (non-hydrogen) atoms. The molecule has 1 aromatic heterocycles. The molecule has 2 aromatic rings. The third-order valence-electron chi connectivity index (χ3n) is 6.90. The van der Waals surface area contributed by atoms with Crippen LogP contribution >= 0.6 is 0 Å². The van der Waals surface area contributed by atoms with Gasteiger partial charge in [0, 0.05) is 38.2 Å². The largest absolute Gasteiger partial charge is 0.357 e. The van der Waals surface area contributed by atoms with Crippen LogP contribution in [0, 0.1) is 23.6 Å². The Labute approximate surface area is 231 Å². The second-order valence-electron chi connectivity index (χ2n) is 10.3. The van der Waals surface area contributed by atoms with Crippen molar-refractivity contribution in [1.29, 1.82) is 0 Å². The molecule has 3 rings (SSSR count). The molecule has 0 unspecified atom stereocenters. The van der Waals surface area contributed by atoms with E-state index in [1.807, 2.05) is 19.0 Å². The third kappa shape index (κ3) is 9.21. The number of amides is 2. The molecule has 1 aromatic carbocycles. The van der Waals surface area contributed by atoms with E-state index in [0.29, 0.717) is 29.4 Å². The highest BCUT2D eigenvalue weighted by molar-refractivity contribution is 5.87. The summed E-state index contributed by atoms with van der Waals surface area (Å²) in [4.78, 5) is 37.8. The van der Waals surface area contributed by atoms with E-state index in [0.717, 1.165) is 38.6 Å². The van der Waals surface area contributed by atoms with Crippen LogP contribution in [-0.4, -0.2) is 78.4 Å². The summed E-state index contributed by atoms with van der Waals surface area (Å²) in [6.07, 6.45) is 6.36. The zero-order valence-electron chi connectivity index (χ0n) is 23.6. The van der Waals surface area contributed by atoms with Crippen LogP contribution in [0.5, 0.6) is 0 Å². The molecule has 0 spiro atoms. The fraction of sp³-hybridized carbons (Fsp3) is 0.517. The minimum Gasteiger partial charge on any atom is -0.357 e. The molecule has 210 valence electrons. The number of anilines is 3. The fourth-order valence-corrected chi connectivity index (χ4v) is 4.43. The maximum absolute atomic E-state index is 13.3. The Balaban J connectivity index is 1.61. The zero-order chi connectivity index (χ0) is 28.4. The van der Waals surface area contributed by atoms with E-state index in [1.54, 1.807) is 39.3 Å². The van der Waals surface area contributed by atoms with E-state index in [2.05, 4.69) is 37.8 Å². The van der Waals surface area contributed by atoms with Crippen LogP contribution in [-0.2, 0) is 9.59 Å². The summed E-state index contributed by atoms with van der Waals surface area (Å²) < 4.78 is 13.3. The highest BCUT2D eigenvalue weighted by Crippen LogP contribution is 2.25. The van der Waals surface area contributed by atoms with Gasteiger partial charge in [0.25, 0.3) is 0 Å². The van der Waals surface area contributed by atoms with Gasteiger partial charge in [-0.15, -0.1) is 0 Å². The van der Waals surface area contributed by atoms with E-state index >= 15 is 0 Å². The monoisotopic (exact) mass is 537 g/mol. The van der Waals surface area contributed by atoms with E-state index < -0.39 is 6.04 Å². The van der Waals surface area contributed by atoms with Crippen molar-refractivity contribution < 1.29 is 14.0 Å². The SMILES string of the molecule is CNc1ncc(C#C[C@@H]2CCC[C@H](NC(=O)[C@H](C)N(C)C(=O)CCCN(C)C)C2)c(Nc2ccc(F)cc2)n1. The first-order valence-electron chi connectivity index (χ1n) is 13.5. The molecule has 1 aliphatic rings. The number of likely N-dealkylation sites (N-methyl/N-ethyl adjacent to an activating group) is 1. The van der Waals surface area contributed by atoms with Crippen molar-refractivity contribution >= 4 is 29.3 Å². The number of hydrogen-bond donors (Lipinski definition) is 3. The predicted molar refractivity (Wildman–Crippen MR) is 152 cm³/mol. The average Bonchev–Trinajstić information content (AvgIpc) is 2.92. The lowest BCUT2D eigenvalue weighted by Gasteiger charge is -2.30. The third-order valence-corrected chi connectivity index (χ3v) is 6.90. The Morgan fingerprint density at radius 2 is 1.92 bits per heavy atom. The second-order valence-corrected chi connectivity index (χ2v) is 10.3. The van der Waals surface area contributed by atoms with Crippen LogP contribution in [0.25, 0.3) is 0 Å². The quantitative estimate of drug-likeness (QED) is 0.398. The molecule has 9 nitrogen and oxygen atoms in total. The molecule has 3 atom stereocenters. The highest BCUT2D eigenvalue weighted by Gasteiger charge is 2.27. The van der Waals surface area contributed by atoms with Crippen LogP contribution in [0.4, 0.5) is 21.8 Å². The van der Waals surface area contributed by atoms with Crippen LogP contribution in [0.1, 0.15) is 51.0 Å². The van der Waals surface area contributed by atoms with E-state index in [-0.39, 0.29) is 29.6 Å². The lowest BCUT2D eigenvalue weighted by molar-refractivity contribution is -0.138. The molecule has 10 heteroatoms. The van der Waals surface area contributed by atoms with E-state index in [1.165, 1.54) is 17.0 Å². The van der Waals surface area contributed by atoms with Crippen molar-refractivity contribution in [2.45, 2.75) is 57.5 Å². The van der Waals surface area contributed by atoms with Gasteiger partial charge in [0.2, 0.25) is 17.8 Å². The summed E-state index contributed by atoms with van der Waals surface area (Å²) in [5.74, 6) is 7.16. The van der Waals surface area contributed by atoms with Crippen molar-refractivity contribution in [3.05, 3.63) is 41.8 Å². The summed E-state index contributed by atoms with van der Waals surface area (Å²) in [7, 11) is 7.38. The number of hydrogen-bond acceptors (Lipinski definition) is 7. The average molecular weight is 538 g/mol. The number of aromatic nitrogens is 2. The number of benzene rings is 1. The number of carbonyl (C=O) groups excluding carboxylic acids is 2. The minimum atomic E-state index is -0.536. The summed E-state index contributed by atoms with van der Waals surface area (Å²) in [6.45, 7) is 2.60. The first-order chi connectivity index (χ1) is 18.7. The smallest absolute Gasteiger partial charge is 0.242 e. The van der Waals surface area contributed by atoms with Gasteiger partial charge in [0.15, 0.2) is 5.82 Å². The highest BCUT2D eigenvalue weighted by atomic mass is 19.1. The van der Waals surface area contributed by atoms with Gasteiger partial charge in [-0.2, -0.15) is 4.98 Å². The number of carbonyl (C=O) groups is 2. The molecule has 1 aliphatic carbocycles. The molecule has 1 heterocycles. The summed E-state index contributed by atoms with van der Waals surface area (Å²) >= 11 is 0. The standard InChI is InChI=1S/C29H40FN7O2/c1-20(37(5)26(38)10-7-17-36(3)4)28(39)34-25-9-6-8-21(18-25)11-12-22-19-32-29(31-2)35-27(22)33-24-15-13-23(30)14-16-24/h13-16,19-21,25H,6-10,17-18H2,1-5H3,(H,34,39)(H2,31,32,33,35)/t20-,21-,25-/m0/s1. The fourth-order valence-electron chi connectivity index (χ4n) is 4.43. The molecule has 0 saturated heterocycles. The molecule has 2 amide bonds. The minimum absolute atomic E-state index is 0.00460. The zero-order valence-corrected chi connectivity index (χ0v) is 23.6. The Hall–Kier alpha value is -3.71. The van der Waals surface area contributed by atoms with Crippen molar-refractivity contribution in [1.82, 2.24) is 25.1 Å². The molecule has 1 saturated carbocycles. The maximum atomic E-state index is 13.3. The number of nitrogens with zero attached hydrogens (tertiary/aromatic N) is 4. The van der Waals surface area contributed by atoms with Crippen molar-refractivity contribution in [3.63, 3.8) is 0 Å². The lowest BCUT2D eigenvalue weighted by Crippen LogP contribution is -2.49. The molecule has 0 bridgehead atoms. The summed E-state index contributed by atoms with van der Waals surface area (Å²) in [5.41, 5.74) is 1.32. The normalized spacial score (nSPS) is 17.5. The van der Waals surface area contributed by atoms with Crippen LogP contribution in [0.3, 0.4) is 0 Å². The van der Waals surface area contributed by atoms with Gasteiger partial charge in [-0.05, 0) is 77.5 Å². The van der Waals surface area contributed by atoms with Gasteiger partial charge in [0.05, 0.1) is 11.8 Å². The van der Waals surface area contributed by atoms with Crippen molar-refractivity contribution in [2.24, 2.45) is 5.92 Å². The van der Waals surface area contributed by atoms with E-state index in [4.69, 9.17) is 0 Å². The number of nitrogens with one attached hydrogen (secondary N) is 3. The van der Waals surface area contributed by atoms with Crippen LogP contribution in [0.2, 0.25) is 0 Å². The summed E-state index contributed by atoms with van der Waals surface area (Å²) in [5, 5.41) is 9.25. The number of halogens is 1. The second kappa shape index (κ2) is 14.4. The van der Waals surface area contributed by atoms with Crippen molar-refractivity contribution in [3.8, 4) is 11.8 Å². The molecular formula is C29H40FN7O2. The van der Waals surface area contributed by atoms with Gasteiger partial charge < -0.3 is 25.8 Å². The van der Waals surface area contributed by atoms with Gasteiger partial charge >= 0.3 is 0 Å². The molecular weight excluding hydrogens is 497 g/mol. The van der Waals surface area contributed by atoms with Gasteiger partial charge in [-0.3, -0.25) is 9.59 Å². The molecule has 0 radical (unpaired) electrons. The number of rotatable bonds is 10. The molecule has 1 fully saturated rings. The Morgan fingerprint density at radius 1 is 1.18 bits per heavy atom. The maximum Gasteiger partial charge on any atom is 0.242 e. The van der Waals surface area contributed by atoms with Gasteiger partial charge in [-0.1, -0.05) is 18.3 Å². The first kappa shape index (κ1) is 29.8. The summed E-state index contributed by atoms with van der Waals surface area (Å²) in [6, 6.07) is 5.50. The van der Waals surface area contributed by atoms with E-state index in [9.17, 15) is 14.0 Å². The Bertz CT molecular complexity index is 1180. The van der Waals surface area contributed by atoms with Gasteiger partial charge in [0.1, 0.15) is 11.9 Å². The predicted octanol–water partition coefficient (Wildman–Crippen LogP) is 3.62. The van der Waals surface area contributed by atoms with Crippen molar-refractivity contribution in [2.75, 3.05) is 45.4 Å². The first-order valence-corrected chi connectivity index (χ1v) is 13.5. The topological polar surface area (TPSA) is 102 Å². The van der Waals surface area contributed by atoms with Gasteiger partial charge in [-0.25, -0.2) is 9.37 Å². The van der Waals surface area contributed by atoms with Crippen LogP contribution in [0.15, 0.2) is 30.5 Å².